The first-order chi connectivity index (χ1) is 8.16. The van der Waals surface area contributed by atoms with Crippen molar-refractivity contribution in [3.63, 3.8) is 0 Å². The second-order valence-electron chi connectivity index (χ2n) is 3.55. The second kappa shape index (κ2) is 5.09. The molecule has 88 valence electrons. The summed E-state index contributed by atoms with van der Waals surface area (Å²) in [6, 6.07) is 7.01. The van der Waals surface area contributed by atoms with E-state index < -0.39 is 0 Å². The van der Waals surface area contributed by atoms with Crippen LogP contribution in [-0.4, -0.2) is 20.7 Å². The number of amides is 1. The molecule has 1 amide bonds. The summed E-state index contributed by atoms with van der Waals surface area (Å²) in [6.07, 6.45) is 2.93. The smallest absolute Gasteiger partial charge is 0.249 e. The van der Waals surface area contributed by atoms with Gasteiger partial charge in [0.25, 0.3) is 0 Å². The number of nitrogens with one attached hydrogen (secondary N) is 1. The van der Waals surface area contributed by atoms with Gasteiger partial charge >= 0.3 is 0 Å². The van der Waals surface area contributed by atoms with E-state index in [2.05, 4.69) is 31.3 Å². The normalized spacial score (nSPS) is 12.1. The zero-order chi connectivity index (χ0) is 12.3. The topological polar surface area (TPSA) is 59.8 Å². The van der Waals surface area contributed by atoms with Gasteiger partial charge in [-0.25, -0.2) is 9.67 Å². The number of nitrogens with zero attached hydrogens (tertiary/aromatic N) is 3. The highest BCUT2D eigenvalue weighted by Crippen LogP contribution is 2.15. The van der Waals surface area contributed by atoms with Crippen LogP contribution in [0.25, 0.3) is 0 Å². The predicted molar refractivity (Wildman–Crippen MR) is 67.5 cm³/mol. The minimum atomic E-state index is -0.388. The van der Waals surface area contributed by atoms with Gasteiger partial charge in [-0.2, -0.15) is 5.10 Å². The predicted octanol–water partition coefficient (Wildman–Crippen LogP) is 2.24. The van der Waals surface area contributed by atoms with Crippen molar-refractivity contribution in [1.29, 1.82) is 0 Å². The van der Waals surface area contributed by atoms with Crippen LogP contribution in [0.4, 0.5) is 5.69 Å². The Hall–Kier alpha value is -1.69. The fraction of sp³-hybridized carbons (Fsp3) is 0.182. The number of carbonyl (C=O) groups is 1. The van der Waals surface area contributed by atoms with Crippen LogP contribution in [0.1, 0.15) is 13.0 Å². The molecule has 0 aliphatic heterocycles. The van der Waals surface area contributed by atoms with Gasteiger partial charge in [0.15, 0.2) is 0 Å². The third-order valence-electron chi connectivity index (χ3n) is 2.32. The van der Waals surface area contributed by atoms with Crippen LogP contribution in [0.15, 0.2) is 41.4 Å². The molecule has 1 N–H and O–H groups in total. The van der Waals surface area contributed by atoms with Gasteiger partial charge in [0.2, 0.25) is 5.91 Å². The Bertz CT molecular complexity index is 495. The quantitative estimate of drug-likeness (QED) is 0.944. The standard InChI is InChI=1S/C11H11BrN4O/c1-8(16-7-13-6-14-16)11(17)15-10-4-2-9(12)3-5-10/h2-8H,1H3,(H,15,17)/t8-/m0/s1. The zero-order valence-electron chi connectivity index (χ0n) is 9.17. The van der Waals surface area contributed by atoms with Crippen LogP contribution in [-0.2, 0) is 4.79 Å². The van der Waals surface area contributed by atoms with Crippen molar-refractivity contribution in [3.8, 4) is 0 Å². The Kier molecular flexibility index (Phi) is 3.53. The van der Waals surface area contributed by atoms with E-state index in [9.17, 15) is 4.79 Å². The summed E-state index contributed by atoms with van der Waals surface area (Å²) in [5, 5.41) is 6.74. The lowest BCUT2D eigenvalue weighted by molar-refractivity contribution is -0.119. The number of hydrogen-bond acceptors (Lipinski definition) is 3. The van der Waals surface area contributed by atoms with E-state index >= 15 is 0 Å². The van der Waals surface area contributed by atoms with Crippen molar-refractivity contribution in [1.82, 2.24) is 14.8 Å². The molecule has 0 bridgehead atoms. The fourth-order valence-corrected chi connectivity index (χ4v) is 1.58. The Balaban J connectivity index is 2.04. The van der Waals surface area contributed by atoms with Gasteiger partial charge in [-0.3, -0.25) is 4.79 Å². The van der Waals surface area contributed by atoms with Crippen molar-refractivity contribution in [3.05, 3.63) is 41.4 Å². The summed E-state index contributed by atoms with van der Waals surface area (Å²) in [6.45, 7) is 1.77. The first-order valence-electron chi connectivity index (χ1n) is 5.07. The van der Waals surface area contributed by atoms with E-state index in [1.54, 1.807) is 6.92 Å². The molecular weight excluding hydrogens is 284 g/mol. The summed E-state index contributed by atoms with van der Waals surface area (Å²) in [4.78, 5) is 15.7. The number of anilines is 1. The van der Waals surface area contributed by atoms with Crippen LogP contribution in [0.5, 0.6) is 0 Å². The molecule has 1 aromatic heterocycles. The molecule has 0 saturated carbocycles. The molecular formula is C11H11BrN4O. The molecule has 2 aromatic rings. The maximum absolute atomic E-state index is 11.9. The molecule has 5 nitrogen and oxygen atoms in total. The number of halogens is 1. The van der Waals surface area contributed by atoms with Crippen LogP contribution in [0.2, 0.25) is 0 Å². The Morgan fingerprint density at radius 1 is 1.41 bits per heavy atom. The van der Waals surface area contributed by atoms with E-state index in [0.717, 1.165) is 10.2 Å². The van der Waals surface area contributed by atoms with Crippen molar-refractivity contribution >= 4 is 27.5 Å². The van der Waals surface area contributed by atoms with E-state index in [4.69, 9.17) is 0 Å². The highest BCUT2D eigenvalue weighted by atomic mass is 79.9. The number of hydrogen-bond donors (Lipinski definition) is 1. The van der Waals surface area contributed by atoms with Crippen LogP contribution in [0.3, 0.4) is 0 Å². The van der Waals surface area contributed by atoms with Crippen LogP contribution in [0, 0.1) is 0 Å². The molecule has 1 heterocycles. The van der Waals surface area contributed by atoms with Crippen molar-refractivity contribution < 1.29 is 4.79 Å². The highest BCUT2D eigenvalue weighted by molar-refractivity contribution is 9.10. The molecule has 0 unspecified atom stereocenters. The molecule has 1 aromatic carbocycles. The fourth-order valence-electron chi connectivity index (χ4n) is 1.32. The van der Waals surface area contributed by atoms with E-state index in [1.165, 1.54) is 17.3 Å². The first kappa shape index (κ1) is 11.8. The molecule has 1 atom stereocenters. The first-order valence-corrected chi connectivity index (χ1v) is 5.86. The molecule has 0 saturated heterocycles. The van der Waals surface area contributed by atoms with Gasteiger partial charge in [-0.15, -0.1) is 0 Å². The molecule has 17 heavy (non-hydrogen) atoms. The maximum atomic E-state index is 11.9. The lowest BCUT2D eigenvalue weighted by Crippen LogP contribution is -2.23. The minimum Gasteiger partial charge on any atom is -0.324 e. The van der Waals surface area contributed by atoms with Gasteiger partial charge in [-0.05, 0) is 31.2 Å². The SMILES string of the molecule is C[C@@H](C(=O)Nc1ccc(Br)cc1)n1cncn1. The molecule has 0 aliphatic carbocycles. The summed E-state index contributed by atoms with van der Waals surface area (Å²) in [5.41, 5.74) is 0.755. The van der Waals surface area contributed by atoms with Crippen molar-refractivity contribution in [2.24, 2.45) is 0 Å². The molecule has 6 heteroatoms. The molecule has 0 aliphatic rings. The van der Waals surface area contributed by atoms with Crippen LogP contribution >= 0.6 is 15.9 Å². The lowest BCUT2D eigenvalue weighted by Gasteiger charge is -2.11. The van der Waals surface area contributed by atoms with Gasteiger partial charge in [0.05, 0.1) is 0 Å². The number of carbonyl (C=O) groups excluding carboxylic acids is 1. The Morgan fingerprint density at radius 2 is 2.12 bits per heavy atom. The van der Waals surface area contributed by atoms with Gasteiger partial charge in [0, 0.05) is 10.2 Å². The van der Waals surface area contributed by atoms with E-state index in [-0.39, 0.29) is 11.9 Å². The second-order valence-corrected chi connectivity index (χ2v) is 4.46. The van der Waals surface area contributed by atoms with Crippen molar-refractivity contribution in [2.45, 2.75) is 13.0 Å². The third-order valence-corrected chi connectivity index (χ3v) is 2.85. The van der Waals surface area contributed by atoms with Gasteiger partial charge in [0.1, 0.15) is 18.7 Å². The number of benzene rings is 1. The molecule has 2 rings (SSSR count). The molecule has 0 fully saturated rings. The summed E-state index contributed by atoms with van der Waals surface area (Å²) >= 11 is 3.34. The molecule has 0 spiro atoms. The third kappa shape index (κ3) is 2.91. The van der Waals surface area contributed by atoms with Gasteiger partial charge in [-0.1, -0.05) is 15.9 Å². The monoisotopic (exact) mass is 294 g/mol. The Morgan fingerprint density at radius 3 is 2.71 bits per heavy atom. The highest BCUT2D eigenvalue weighted by Gasteiger charge is 2.15. The van der Waals surface area contributed by atoms with Gasteiger partial charge < -0.3 is 5.32 Å². The summed E-state index contributed by atoms with van der Waals surface area (Å²) < 4.78 is 2.48. The number of aromatic nitrogens is 3. The average Bonchev–Trinajstić information content (AvgIpc) is 2.84. The zero-order valence-corrected chi connectivity index (χ0v) is 10.8. The summed E-state index contributed by atoms with van der Waals surface area (Å²) in [7, 11) is 0. The van der Waals surface area contributed by atoms with Crippen LogP contribution < -0.4 is 5.32 Å². The Labute approximate surface area is 107 Å². The average molecular weight is 295 g/mol. The lowest BCUT2D eigenvalue weighted by atomic mass is 10.3. The minimum absolute atomic E-state index is 0.127. The van der Waals surface area contributed by atoms with E-state index in [0.29, 0.717) is 0 Å². The van der Waals surface area contributed by atoms with Crippen molar-refractivity contribution in [2.75, 3.05) is 5.32 Å². The molecule has 0 radical (unpaired) electrons. The van der Waals surface area contributed by atoms with E-state index in [1.807, 2.05) is 24.3 Å². The number of rotatable bonds is 3. The summed E-state index contributed by atoms with van der Waals surface area (Å²) in [5.74, 6) is -0.127. The maximum Gasteiger partial charge on any atom is 0.249 e. The largest absolute Gasteiger partial charge is 0.324 e.